The fourth-order valence-corrected chi connectivity index (χ4v) is 4.19. The summed E-state index contributed by atoms with van der Waals surface area (Å²) in [5.41, 5.74) is 2.75. The maximum atomic E-state index is 11.3. The predicted octanol–water partition coefficient (Wildman–Crippen LogP) is 3.74. The second kappa shape index (κ2) is 7.21. The maximum absolute atomic E-state index is 11.3. The summed E-state index contributed by atoms with van der Waals surface area (Å²) in [6, 6.07) is 5.88. The van der Waals surface area contributed by atoms with Crippen molar-refractivity contribution in [3.63, 3.8) is 0 Å². The average Bonchev–Trinajstić information content (AvgIpc) is 2.98. The molecule has 1 aromatic carbocycles. The van der Waals surface area contributed by atoms with Crippen molar-refractivity contribution in [2.24, 2.45) is 0 Å². The van der Waals surface area contributed by atoms with Crippen molar-refractivity contribution in [2.45, 2.75) is 32.6 Å². The minimum absolute atomic E-state index is 0.00587. The van der Waals surface area contributed by atoms with E-state index in [1.807, 2.05) is 25.1 Å². The Labute approximate surface area is 145 Å². The van der Waals surface area contributed by atoms with E-state index in [0.29, 0.717) is 0 Å². The zero-order valence-corrected chi connectivity index (χ0v) is 14.9. The van der Waals surface area contributed by atoms with Crippen LogP contribution in [0.1, 0.15) is 29.7 Å². The number of rotatable bonds is 5. The van der Waals surface area contributed by atoms with Crippen LogP contribution in [0, 0.1) is 6.92 Å². The van der Waals surface area contributed by atoms with Crippen LogP contribution in [0.4, 0.5) is 5.13 Å². The molecule has 1 N–H and O–H groups in total. The van der Waals surface area contributed by atoms with Crippen LogP contribution < -0.4 is 9.64 Å². The van der Waals surface area contributed by atoms with Crippen LogP contribution >= 0.6 is 11.3 Å². The molecule has 2 heterocycles. The van der Waals surface area contributed by atoms with Crippen molar-refractivity contribution in [1.82, 2.24) is 4.98 Å². The number of aromatic nitrogens is 1. The molecule has 0 atom stereocenters. The van der Waals surface area contributed by atoms with Gasteiger partial charge in [-0.1, -0.05) is 0 Å². The van der Waals surface area contributed by atoms with Crippen LogP contribution in [0.2, 0.25) is 0 Å². The van der Waals surface area contributed by atoms with E-state index in [4.69, 9.17) is 9.72 Å². The Morgan fingerprint density at radius 3 is 2.71 bits per heavy atom. The van der Waals surface area contributed by atoms with Gasteiger partial charge < -0.3 is 14.7 Å². The molecule has 0 radical (unpaired) electrons. The summed E-state index contributed by atoms with van der Waals surface area (Å²) in [5.74, 6) is 0.000320. The lowest BCUT2D eigenvalue weighted by atomic mass is 10.1. The number of hydrogen-bond acceptors (Lipinski definition) is 5. The Morgan fingerprint density at radius 1 is 1.33 bits per heavy atom. The number of aliphatic carboxylic acids is 1. The summed E-state index contributed by atoms with van der Waals surface area (Å²) in [7, 11) is 1.65. The van der Waals surface area contributed by atoms with Crippen LogP contribution in [0.5, 0.6) is 5.75 Å². The summed E-state index contributed by atoms with van der Waals surface area (Å²) in [6.07, 6.45) is 3.61. The van der Waals surface area contributed by atoms with Crippen molar-refractivity contribution < 1.29 is 14.6 Å². The Bertz CT molecular complexity index is 736. The summed E-state index contributed by atoms with van der Waals surface area (Å²) < 4.78 is 5.31. The molecule has 0 unspecified atom stereocenters. The number of nitrogens with zero attached hydrogens (tertiary/aromatic N) is 2. The van der Waals surface area contributed by atoms with Crippen molar-refractivity contribution in [2.75, 3.05) is 25.1 Å². The average molecular weight is 346 g/mol. The first-order chi connectivity index (χ1) is 11.6. The molecule has 5 nitrogen and oxygen atoms in total. The van der Waals surface area contributed by atoms with E-state index in [1.54, 1.807) is 7.11 Å². The molecule has 1 aromatic heterocycles. The van der Waals surface area contributed by atoms with Crippen LogP contribution in [0.15, 0.2) is 18.2 Å². The number of anilines is 1. The van der Waals surface area contributed by atoms with E-state index in [9.17, 15) is 9.90 Å². The molecule has 128 valence electrons. The van der Waals surface area contributed by atoms with Gasteiger partial charge in [-0.05, 0) is 49.9 Å². The fraction of sp³-hybridized carbons (Fsp3) is 0.444. The second-order valence-electron chi connectivity index (χ2n) is 6.07. The first-order valence-corrected chi connectivity index (χ1v) is 9.01. The van der Waals surface area contributed by atoms with Gasteiger partial charge in [-0.25, -0.2) is 4.98 Å². The largest absolute Gasteiger partial charge is 0.496 e. The zero-order valence-electron chi connectivity index (χ0n) is 14.0. The number of hydrogen-bond donors (Lipinski definition) is 1. The smallest absolute Gasteiger partial charge is 0.308 e. The topological polar surface area (TPSA) is 62.7 Å². The molecule has 3 rings (SSSR count). The summed E-state index contributed by atoms with van der Waals surface area (Å²) >= 11 is 1.51. The Kier molecular flexibility index (Phi) is 5.04. The van der Waals surface area contributed by atoms with Gasteiger partial charge in [-0.2, -0.15) is 0 Å². The van der Waals surface area contributed by atoms with Gasteiger partial charge in [0, 0.05) is 23.5 Å². The molecule has 0 bridgehead atoms. The zero-order chi connectivity index (χ0) is 17.1. The number of aryl methyl sites for hydroxylation is 1. The minimum Gasteiger partial charge on any atom is -0.496 e. The highest BCUT2D eigenvalue weighted by Crippen LogP contribution is 2.36. The molecule has 0 aliphatic carbocycles. The highest BCUT2D eigenvalue weighted by molar-refractivity contribution is 7.16. The van der Waals surface area contributed by atoms with Crippen molar-refractivity contribution >= 4 is 22.4 Å². The van der Waals surface area contributed by atoms with E-state index < -0.39 is 5.97 Å². The maximum Gasteiger partial charge on any atom is 0.308 e. The lowest BCUT2D eigenvalue weighted by Crippen LogP contribution is -2.29. The number of piperidine rings is 1. The van der Waals surface area contributed by atoms with E-state index in [1.165, 1.54) is 30.6 Å². The lowest BCUT2D eigenvalue weighted by molar-refractivity contribution is -0.136. The molecule has 1 saturated heterocycles. The Morgan fingerprint density at radius 2 is 2.08 bits per heavy atom. The van der Waals surface area contributed by atoms with Crippen LogP contribution in [0.3, 0.4) is 0 Å². The second-order valence-corrected chi connectivity index (χ2v) is 7.13. The number of ether oxygens (including phenoxy) is 1. The van der Waals surface area contributed by atoms with Crippen LogP contribution in [-0.2, 0) is 11.2 Å². The lowest BCUT2D eigenvalue weighted by Gasteiger charge is -2.25. The molecule has 0 spiro atoms. The quantitative estimate of drug-likeness (QED) is 0.893. The van der Waals surface area contributed by atoms with Crippen molar-refractivity contribution in [1.29, 1.82) is 0 Å². The van der Waals surface area contributed by atoms with E-state index >= 15 is 0 Å². The first-order valence-electron chi connectivity index (χ1n) is 8.20. The highest BCUT2D eigenvalue weighted by Gasteiger charge is 2.21. The first kappa shape index (κ1) is 16.8. The molecule has 24 heavy (non-hydrogen) atoms. The van der Waals surface area contributed by atoms with Gasteiger partial charge in [0.2, 0.25) is 0 Å². The normalized spacial score (nSPS) is 14.7. The third-order valence-electron chi connectivity index (χ3n) is 4.29. The summed E-state index contributed by atoms with van der Waals surface area (Å²) in [5, 5.41) is 10.2. The summed E-state index contributed by atoms with van der Waals surface area (Å²) in [4.78, 5) is 19.1. The number of carboxylic acid groups (broad SMARTS) is 1. The predicted molar refractivity (Wildman–Crippen MR) is 96.2 cm³/mol. The standard InChI is InChI=1S/C18H22N2O3S/c1-12-10-13(6-7-14(12)23-2)17-15(11-16(21)22)24-18(19-17)20-8-4-3-5-9-20/h6-7,10H,3-5,8-9,11H2,1-2H3,(H,21,22). The number of benzene rings is 1. The Hall–Kier alpha value is -2.08. The van der Waals surface area contributed by atoms with Gasteiger partial charge in [-0.3, -0.25) is 4.79 Å². The van der Waals surface area contributed by atoms with Crippen molar-refractivity contribution in [3.05, 3.63) is 28.6 Å². The third-order valence-corrected chi connectivity index (χ3v) is 5.41. The molecule has 0 amide bonds. The number of carboxylic acids is 1. The highest BCUT2D eigenvalue weighted by atomic mass is 32.1. The van der Waals surface area contributed by atoms with E-state index in [0.717, 1.165) is 45.7 Å². The molecule has 1 aliphatic rings. The minimum atomic E-state index is -0.824. The van der Waals surface area contributed by atoms with Gasteiger partial charge in [0.25, 0.3) is 0 Å². The van der Waals surface area contributed by atoms with Gasteiger partial charge in [0.1, 0.15) is 5.75 Å². The van der Waals surface area contributed by atoms with Crippen molar-refractivity contribution in [3.8, 4) is 17.0 Å². The fourth-order valence-electron chi connectivity index (χ4n) is 3.07. The van der Waals surface area contributed by atoms with Gasteiger partial charge in [0.05, 0.1) is 19.2 Å². The monoisotopic (exact) mass is 346 g/mol. The molecular formula is C18H22N2O3S. The van der Waals surface area contributed by atoms with Crippen LogP contribution in [-0.4, -0.2) is 36.3 Å². The SMILES string of the molecule is COc1ccc(-c2nc(N3CCCCC3)sc2CC(=O)O)cc1C. The number of thiazole rings is 1. The molecular weight excluding hydrogens is 324 g/mol. The molecule has 2 aromatic rings. The number of carbonyl (C=O) groups is 1. The van der Waals surface area contributed by atoms with E-state index in [-0.39, 0.29) is 6.42 Å². The molecule has 0 saturated carbocycles. The van der Waals surface area contributed by atoms with Gasteiger partial charge >= 0.3 is 5.97 Å². The Balaban J connectivity index is 1.99. The number of methoxy groups -OCH3 is 1. The third kappa shape index (κ3) is 3.53. The van der Waals surface area contributed by atoms with Gasteiger partial charge in [-0.15, -0.1) is 11.3 Å². The van der Waals surface area contributed by atoms with Crippen LogP contribution in [0.25, 0.3) is 11.3 Å². The molecule has 6 heteroatoms. The summed E-state index contributed by atoms with van der Waals surface area (Å²) in [6.45, 7) is 3.99. The molecule has 1 fully saturated rings. The van der Waals surface area contributed by atoms with E-state index in [2.05, 4.69) is 4.90 Å². The van der Waals surface area contributed by atoms with Gasteiger partial charge in [0.15, 0.2) is 5.13 Å². The molecule has 1 aliphatic heterocycles.